The monoisotopic (exact) mass is 144 g/mol. The van der Waals surface area contributed by atoms with Gasteiger partial charge in [-0.25, -0.2) is 0 Å². The maximum Gasteiger partial charge on any atom is 0.426 e. The number of alkyl halides is 3. The Morgan fingerprint density at radius 3 is 1.88 bits per heavy atom. The third kappa shape index (κ3) is 2.21. The van der Waals surface area contributed by atoms with Crippen molar-refractivity contribution < 1.29 is 13.2 Å². The fraction of sp³-hybridized carbons (Fsp3) is 0.500. The number of hydrogen-bond acceptors (Lipinski definition) is 0. The Morgan fingerprint density at radius 2 is 1.88 bits per heavy atom. The highest BCUT2D eigenvalue weighted by Crippen LogP contribution is 2.27. The first-order valence-electron chi connectivity index (χ1n) is 1.87. The van der Waals surface area contributed by atoms with Crippen LogP contribution in [0.3, 0.4) is 0 Å². The Balaban J connectivity index is 4.03. The summed E-state index contributed by atoms with van der Waals surface area (Å²) in [5, 5.41) is -1.07. The van der Waals surface area contributed by atoms with Gasteiger partial charge in [-0.1, -0.05) is 17.7 Å². The van der Waals surface area contributed by atoms with Crippen molar-refractivity contribution in [3.05, 3.63) is 11.1 Å². The third-order valence-corrected chi connectivity index (χ3v) is 0.957. The zero-order valence-electron chi connectivity index (χ0n) is 4.09. The first kappa shape index (κ1) is 7.82. The van der Waals surface area contributed by atoms with Crippen LogP contribution in [0.15, 0.2) is 11.1 Å². The van der Waals surface area contributed by atoms with Crippen molar-refractivity contribution in [3.8, 4) is 0 Å². The second-order valence-corrected chi connectivity index (χ2v) is 1.54. The lowest BCUT2D eigenvalue weighted by Gasteiger charge is -2.00. The predicted molar refractivity (Wildman–Crippen MR) is 25.7 cm³/mol. The Hall–Kier alpha value is -0.180. The third-order valence-electron chi connectivity index (χ3n) is 0.524. The Labute approximate surface area is 49.9 Å². The number of rotatable bonds is 0. The predicted octanol–water partition coefficient (Wildman–Crippen LogP) is 2.69. The summed E-state index contributed by atoms with van der Waals surface area (Å²) in [5.41, 5.74) is 0. The molecule has 0 N–H and O–H groups in total. The maximum atomic E-state index is 11.2. The Kier molecular flexibility index (Phi) is 2.34. The number of halogens is 4. The number of allylic oxidation sites excluding steroid dienone is 2. The maximum absolute atomic E-state index is 11.2. The van der Waals surface area contributed by atoms with E-state index in [2.05, 4.69) is 11.6 Å². The van der Waals surface area contributed by atoms with E-state index in [4.69, 9.17) is 0 Å². The van der Waals surface area contributed by atoms with Gasteiger partial charge in [-0.15, -0.1) is 0 Å². The molecule has 0 saturated carbocycles. The number of hydrogen-bond donors (Lipinski definition) is 0. The second kappa shape index (κ2) is 2.40. The molecule has 0 saturated heterocycles. The lowest BCUT2D eigenvalue weighted by atomic mass is 10.5. The van der Waals surface area contributed by atoms with Crippen molar-refractivity contribution >= 4 is 11.6 Å². The van der Waals surface area contributed by atoms with Crippen molar-refractivity contribution in [1.82, 2.24) is 0 Å². The summed E-state index contributed by atoms with van der Waals surface area (Å²) in [4.78, 5) is 0. The van der Waals surface area contributed by atoms with Gasteiger partial charge in [0.2, 0.25) is 0 Å². The van der Waals surface area contributed by atoms with Crippen LogP contribution in [0, 0.1) is 0 Å². The molecule has 0 bridgehead atoms. The molecule has 0 atom stereocenters. The summed E-state index contributed by atoms with van der Waals surface area (Å²) in [7, 11) is 0. The fourth-order valence-electron chi connectivity index (χ4n) is 0.164. The zero-order valence-corrected chi connectivity index (χ0v) is 4.85. The van der Waals surface area contributed by atoms with E-state index in [0.29, 0.717) is 0 Å². The van der Waals surface area contributed by atoms with Gasteiger partial charge < -0.3 is 0 Å². The van der Waals surface area contributed by atoms with Gasteiger partial charge in [-0.3, -0.25) is 0 Å². The van der Waals surface area contributed by atoms with Gasteiger partial charge in [0, 0.05) is 0 Å². The molecule has 0 rings (SSSR count). The molecule has 8 heavy (non-hydrogen) atoms. The van der Waals surface area contributed by atoms with E-state index >= 15 is 0 Å². The standard InChI is InChI=1S/C4H4ClF3/c1-2-3(5)4(6,7)8/h2H,1H3. The molecule has 0 aliphatic carbocycles. The van der Waals surface area contributed by atoms with Gasteiger partial charge in [0.25, 0.3) is 0 Å². The largest absolute Gasteiger partial charge is 0.426 e. The van der Waals surface area contributed by atoms with Crippen LogP contribution in [0.25, 0.3) is 0 Å². The van der Waals surface area contributed by atoms with Gasteiger partial charge in [-0.05, 0) is 6.92 Å². The van der Waals surface area contributed by atoms with Gasteiger partial charge in [0.1, 0.15) is 5.03 Å². The highest BCUT2D eigenvalue weighted by molar-refractivity contribution is 6.30. The summed E-state index contributed by atoms with van der Waals surface area (Å²) in [5.74, 6) is 0. The quantitative estimate of drug-likeness (QED) is 0.490. The first-order valence-corrected chi connectivity index (χ1v) is 2.25. The van der Waals surface area contributed by atoms with Crippen LogP contribution in [0.1, 0.15) is 6.92 Å². The van der Waals surface area contributed by atoms with E-state index in [-0.39, 0.29) is 0 Å². The van der Waals surface area contributed by atoms with Gasteiger partial charge in [-0.2, -0.15) is 13.2 Å². The summed E-state index contributed by atoms with van der Waals surface area (Å²) in [6.07, 6.45) is -3.56. The topological polar surface area (TPSA) is 0 Å². The average Bonchev–Trinajstić information content (AvgIpc) is 1.62. The summed E-state index contributed by atoms with van der Waals surface area (Å²) >= 11 is 4.68. The van der Waals surface area contributed by atoms with Crippen molar-refractivity contribution in [1.29, 1.82) is 0 Å². The molecule has 48 valence electrons. The Bertz CT molecular complexity index is 102. The second-order valence-electron chi connectivity index (χ2n) is 1.13. The molecule has 0 amide bonds. The highest BCUT2D eigenvalue weighted by atomic mass is 35.5. The zero-order chi connectivity index (χ0) is 6.78. The highest BCUT2D eigenvalue weighted by Gasteiger charge is 2.31. The van der Waals surface area contributed by atoms with E-state index < -0.39 is 11.2 Å². The minimum absolute atomic E-state index is 0.807. The van der Waals surface area contributed by atoms with E-state index in [0.717, 1.165) is 6.08 Å². The van der Waals surface area contributed by atoms with E-state index in [1.807, 2.05) is 0 Å². The van der Waals surface area contributed by atoms with Crippen molar-refractivity contribution in [2.24, 2.45) is 0 Å². The molecule has 0 spiro atoms. The van der Waals surface area contributed by atoms with E-state index in [1.165, 1.54) is 6.92 Å². The SMILES string of the molecule is CC=C(Cl)C(F)(F)F. The van der Waals surface area contributed by atoms with Crippen LogP contribution < -0.4 is 0 Å². The lowest BCUT2D eigenvalue weighted by molar-refractivity contribution is -0.0846. The van der Waals surface area contributed by atoms with Gasteiger partial charge in [0.05, 0.1) is 0 Å². The molecule has 0 aliphatic rings. The molecule has 0 aliphatic heterocycles. The van der Waals surface area contributed by atoms with Crippen LogP contribution >= 0.6 is 11.6 Å². The summed E-state index contributed by atoms with van der Waals surface area (Å²) in [6, 6.07) is 0. The minimum Gasteiger partial charge on any atom is -0.165 e. The van der Waals surface area contributed by atoms with Gasteiger partial charge in [0.15, 0.2) is 0 Å². The molecule has 0 aromatic carbocycles. The van der Waals surface area contributed by atoms with Crippen LogP contribution in [-0.4, -0.2) is 6.18 Å². The average molecular weight is 145 g/mol. The lowest BCUT2D eigenvalue weighted by Crippen LogP contribution is -2.06. The van der Waals surface area contributed by atoms with Crippen LogP contribution in [0.5, 0.6) is 0 Å². The van der Waals surface area contributed by atoms with Gasteiger partial charge >= 0.3 is 6.18 Å². The molecule has 0 fully saturated rings. The molecule has 0 heterocycles. The molecule has 0 unspecified atom stereocenters. The molecular weight excluding hydrogens is 140 g/mol. The Morgan fingerprint density at radius 1 is 1.50 bits per heavy atom. The van der Waals surface area contributed by atoms with E-state index in [1.54, 1.807) is 0 Å². The first-order chi connectivity index (χ1) is 3.48. The molecular formula is C4H4ClF3. The fourth-order valence-corrected chi connectivity index (χ4v) is 0.164. The summed E-state index contributed by atoms with van der Waals surface area (Å²) in [6.45, 7) is 1.23. The van der Waals surface area contributed by atoms with Crippen LogP contribution in [0.4, 0.5) is 13.2 Å². The van der Waals surface area contributed by atoms with Crippen molar-refractivity contribution in [3.63, 3.8) is 0 Å². The molecule has 4 heteroatoms. The molecule has 0 aromatic rings. The van der Waals surface area contributed by atoms with Crippen molar-refractivity contribution in [2.75, 3.05) is 0 Å². The summed E-state index contributed by atoms with van der Waals surface area (Å²) < 4.78 is 33.7. The van der Waals surface area contributed by atoms with Crippen molar-refractivity contribution in [2.45, 2.75) is 13.1 Å². The normalized spacial score (nSPS) is 14.4. The van der Waals surface area contributed by atoms with Crippen LogP contribution in [0.2, 0.25) is 0 Å². The van der Waals surface area contributed by atoms with E-state index in [9.17, 15) is 13.2 Å². The minimum atomic E-state index is -4.36. The smallest absolute Gasteiger partial charge is 0.165 e. The molecule has 0 aromatic heterocycles. The molecule has 0 nitrogen and oxygen atoms in total. The molecule has 0 radical (unpaired) electrons. The van der Waals surface area contributed by atoms with Crippen LogP contribution in [-0.2, 0) is 0 Å².